The van der Waals surface area contributed by atoms with E-state index in [1.54, 1.807) is 11.3 Å². The van der Waals surface area contributed by atoms with Crippen molar-refractivity contribution in [3.05, 3.63) is 64.1 Å². The zero-order chi connectivity index (χ0) is 15.6. The summed E-state index contributed by atoms with van der Waals surface area (Å²) in [5.41, 5.74) is 4.27. The highest BCUT2D eigenvalue weighted by Crippen LogP contribution is 2.25. The quantitative estimate of drug-likeness (QED) is 0.516. The van der Waals surface area contributed by atoms with Crippen molar-refractivity contribution in [3.8, 4) is 10.6 Å². The predicted molar refractivity (Wildman–Crippen MR) is 98.7 cm³/mol. The molecule has 0 spiro atoms. The minimum atomic E-state index is 0.729. The Labute approximate surface area is 145 Å². The van der Waals surface area contributed by atoms with Crippen LogP contribution >= 0.6 is 27.3 Å². The van der Waals surface area contributed by atoms with Crippen molar-refractivity contribution in [2.45, 2.75) is 6.54 Å². The van der Waals surface area contributed by atoms with E-state index >= 15 is 0 Å². The Balaban J connectivity index is 1.55. The summed E-state index contributed by atoms with van der Waals surface area (Å²) in [6.07, 6.45) is 1.82. The number of H-pyrrole nitrogens is 1. The van der Waals surface area contributed by atoms with Gasteiger partial charge in [-0.05, 0) is 35.9 Å². The molecular formula is C17H13BrN4S. The summed E-state index contributed by atoms with van der Waals surface area (Å²) in [4.78, 5) is 12.2. The first-order chi connectivity index (χ1) is 11.3. The van der Waals surface area contributed by atoms with Gasteiger partial charge in [0.05, 0.1) is 11.0 Å². The monoisotopic (exact) mass is 384 g/mol. The van der Waals surface area contributed by atoms with Crippen molar-refractivity contribution < 1.29 is 0 Å². The lowest BCUT2D eigenvalue weighted by Crippen LogP contribution is -2.00. The smallest absolute Gasteiger partial charge is 0.201 e. The van der Waals surface area contributed by atoms with Gasteiger partial charge in [0.25, 0.3) is 0 Å². The van der Waals surface area contributed by atoms with E-state index in [4.69, 9.17) is 0 Å². The topological polar surface area (TPSA) is 53.6 Å². The van der Waals surface area contributed by atoms with E-state index in [0.29, 0.717) is 0 Å². The van der Waals surface area contributed by atoms with Crippen LogP contribution in [0.15, 0.2) is 58.5 Å². The van der Waals surface area contributed by atoms with Crippen LogP contribution in [0.4, 0.5) is 5.95 Å². The predicted octanol–water partition coefficient (Wildman–Crippen LogP) is 5.06. The number of halogens is 1. The number of aromatic nitrogens is 3. The Kier molecular flexibility index (Phi) is 3.85. The minimum Gasteiger partial charge on any atom is -0.352 e. The molecule has 0 radical (unpaired) electrons. The SMILES string of the molecule is Brc1ccc(CNc2nc3ccc(-c4nccs4)cc3[nH]2)cc1. The average molecular weight is 385 g/mol. The van der Waals surface area contributed by atoms with E-state index < -0.39 is 0 Å². The zero-order valence-electron chi connectivity index (χ0n) is 12.1. The molecule has 0 aliphatic rings. The Bertz CT molecular complexity index is 929. The van der Waals surface area contributed by atoms with E-state index in [1.807, 2.05) is 29.8 Å². The molecule has 2 aromatic heterocycles. The molecule has 114 valence electrons. The maximum absolute atomic E-state index is 4.57. The molecular weight excluding hydrogens is 372 g/mol. The molecule has 0 amide bonds. The van der Waals surface area contributed by atoms with Gasteiger partial charge in [-0.15, -0.1) is 11.3 Å². The number of nitrogens with zero attached hydrogens (tertiary/aromatic N) is 2. The number of hydrogen-bond acceptors (Lipinski definition) is 4. The molecule has 0 saturated heterocycles. The van der Waals surface area contributed by atoms with Gasteiger partial charge in [-0.3, -0.25) is 0 Å². The second-order valence-electron chi connectivity index (χ2n) is 5.13. The number of thiazole rings is 1. The number of nitrogens with one attached hydrogen (secondary N) is 2. The van der Waals surface area contributed by atoms with Crippen LogP contribution in [-0.4, -0.2) is 15.0 Å². The Hall–Kier alpha value is -2.18. The summed E-state index contributed by atoms with van der Waals surface area (Å²) >= 11 is 5.08. The molecule has 23 heavy (non-hydrogen) atoms. The molecule has 4 rings (SSSR count). The van der Waals surface area contributed by atoms with Crippen LogP contribution in [0.1, 0.15) is 5.56 Å². The standard InChI is InChI=1S/C17H13BrN4S/c18-13-4-1-11(2-5-13)10-20-17-21-14-6-3-12(9-15(14)22-17)16-19-7-8-23-16/h1-9H,10H2,(H2,20,21,22). The summed E-state index contributed by atoms with van der Waals surface area (Å²) in [5.74, 6) is 0.777. The first-order valence-electron chi connectivity index (χ1n) is 7.16. The van der Waals surface area contributed by atoms with Crippen LogP contribution in [0.2, 0.25) is 0 Å². The van der Waals surface area contributed by atoms with Crippen molar-refractivity contribution in [2.24, 2.45) is 0 Å². The van der Waals surface area contributed by atoms with Gasteiger partial charge in [-0.25, -0.2) is 9.97 Å². The zero-order valence-corrected chi connectivity index (χ0v) is 14.5. The van der Waals surface area contributed by atoms with Gasteiger partial charge in [-0.1, -0.05) is 28.1 Å². The maximum Gasteiger partial charge on any atom is 0.201 e. The van der Waals surface area contributed by atoms with Gasteiger partial charge in [0.15, 0.2) is 0 Å². The molecule has 2 aromatic carbocycles. The Morgan fingerprint density at radius 1 is 1.13 bits per heavy atom. The number of benzene rings is 2. The summed E-state index contributed by atoms with van der Waals surface area (Å²) in [6, 6.07) is 14.4. The minimum absolute atomic E-state index is 0.729. The van der Waals surface area contributed by atoms with Gasteiger partial charge in [0, 0.05) is 28.2 Å². The van der Waals surface area contributed by atoms with Crippen LogP contribution in [0.5, 0.6) is 0 Å². The van der Waals surface area contributed by atoms with E-state index in [2.05, 4.69) is 60.5 Å². The summed E-state index contributed by atoms with van der Waals surface area (Å²) in [7, 11) is 0. The van der Waals surface area contributed by atoms with Crippen molar-refractivity contribution in [1.29, 1.82) is 0 Å². The van der Waals surface area contributed by atoms with E-state index in [0.717, 1.165) is 38.6 Å². The lowest BCUT2D eigenvalue weighted by molar-refractivity contribution is 1.10. The highest BCUT2D eigenvalue weighted by atomic mass is 79.9. The first-order valence-corrected chi connectivity index (χ1v) is 8.83. The van der Waals surface area contributed by atoms with Crippen LogP contribution < -0.4 is 5.32 Å². The molecule has 2 N–H and O–H groups in total. The third-order valence-corrected chi connectivity index (χ3v) is 4.89. The molecule has 0 fully saturated rings. The Morgan fingerprint density at radius 3 is 2.78 bits per heavy atom. The largest absolute Gasteiger partial charge is 0.352 e. The summed E-state index contributed by atoms with van der Waals surface area (Å²) in [5, 5.41) is 6.33. The van der Waals surface area contributed by atoms with Gasteiger partial charge in [0.2, 0.25) is 5.95 Å². The summed E-state index contributed by atoms with van der Waals surface area (Å²) in [6.45, 7) is 0.729. The second kappa shape index (κ2) is 6.14. The Morgan fingerprint density at radius 2 is 2.00 bits per heavy atom. The molecule has 4 nitrogen and oxygen atoms in total. The molecule has 0 aliphatic carbocycles. The average Bonchev–Trinajstić information content (AvgIpc) is 3.23. The number of fused-ring (bicyclic) bond motifs is 1. The van der Waals surface area contributed by atoms with E-state index in [9.17, 15) is 0 Å². The fourth-order valence-electron chi connectivity index (χ4n) is 2.38. The lowest BCUT2D eigenvalue weighted by Gasteiger charge is -2.02. The molecule has 0 bridgehead atoms. The number of rotatable bonds is 4. The molecule has 6 heteroatoms. The van der Waals surface area contributed by atoms with Crippen molar-refractivity contribution in [2.75, 3.05) is 5.32 Å². The van der Waals surface area contributed by atoms with Crippen LogP contribution in [0, 0.1) is 0 Å². The third kappa shape index (κ3) is 3.13. The molecule has 0 saturated carbocycles. The molecule has 2 heterocycles. The second-order valence-corrected chi connectivity index (χ2v) is 6.94. The highest BCUT2D eigenvalue weighted by Gasteiger charge is 2.06. The normalized spacial score (nSPS) is 11.0. The van der Waals surface area contributed by atoms with Crippen molar-refractivity contribution >= 4 is 44.2 Å². The van der Waals surface area contributed by atoms with Crippen LogP contribution in [-0.2, 0) is 6.54 Å². The highest BCUT2D eigenvalue weighted by molar-refractivity contribution is 9.10. The fourth-order valence-corrected chi connectivity index (χ4v) is 3.28. The van der Waals surface area contributed by atoms with Crippen LogP contribution in [0.25, 0.3) is 21.6 Å². The van der Waals surface area contributed by atoms with Gasteiger partial charge in [-0.2, -0.15) is 0 Å². The lowest BCUT2D eigenvalue weighted by atomic mass is 10.2. The van der Waals surface area contributed by atoms with Crippen molar-refractivity contribution in [3.63, 3.8) is 0 Å². The van der Waals surface area contributed by atoms with E-state index in [-0.39, 0.29) is 0 Å². The fraction of sp³-hybridized carbons (Fsp3) is 0.0588. The maximum atomic E-state index is 4.57. The molecule has 0 atom stereocenters. The van der Waals surface area contributed by atoms with Gasteiger partial charge < -0.3 is 10.3 Å². The molecule has 0 aliphatic heterocycles. The van der Waals surface area contributed by atoms with Gasteiger partial charge in [0.1, 0.15) is 5.01 Å². The summed E-state index contributed by atoms with van der Waals surface area (Å²) < 4.78 is 1.08. The third-order valence-electron chi connectivity index (χ3n) is 3.53. The van der Waals surface area contributed by atoms with Crippen LogP contribution in [0.3, 0.4) is 0 Å². The first kappa shape index (κ1) is 14.4. The number of hydrogen-bond donors (Lipinski definition) is 2. The number of anilines is 1. The molecule has 4 aromatic rings. The number of aromatic amines is 1. The molecule has 0 unspecified atom stereocenters. The van der Waals surface area contributed by atoms with E-state index in [1.165, 1.54) is 5.56 Å². The van der Waals surface area contributed by atoms with Gasteiger partial charge >= 0.3 is 0 Å². The number of imidazole rings is 1. The van der Waals surface area contributed by atoms with Crippen molar-refractivity contribution in [1.82, 2.24) is 15.0 Å².